The van der Waals surface area contributed by atoms with E-state index in [0.29, 0.717) is 70.5 Å². The second-order valence-electron chi connectivity index (χ2n) is 16.7. The van der Waals surface area contributed by atoms with Crippen LogP contribution in [0.2, 0.25) is 0 Å². The van der Waals surface area contributed by atoms with Crippen molar-refractivity contribution in [2.45, 2.75) is 41.0 Å². The molecule has 4 rings (SSSR count). The topological polar surface area (TPSA) is 188 Å². The Morgan fingerprint density at radius 3 is 1.57 bits per heavy atom. The first-order valence-electron chi connectivity index (χ1n) is 26.0. The SMILES string of the molecule is CCN(CC)CCNCCOCCOCCNCCN(CC)CC.CCN1CCOCC1.CN(C)CCOCCOCCOCCNC(=O)c1ccc2n[nH]nc2c1.CNCCCN1CCOCC1. The molecule has 2 fully saturated rings. The fourth-order valence-electron chi connectivity index (χ4n) is 6.75. The fourth-order valence-corrected chi connectivity index (χ4v) is 6.75. The molecule has 0 spiro atoms. The van der Waals surface area contributed by atoms with Crippen molar-refractivity contribution in [1.29, 1.82) is 0 Å². The molecular formula is C49H100N12O8. The highest BCUT2D eigenvalue weighted by Crippen LogP contribution is 2.10. The molecule has 3 heterocycles. The van der Waals surface area contributed by atoms with Gasteiger partial charge >= 0.3 is 0 Å². The average Bonchev–Trinajstić information content (AvgIpc) is 3.86. The van der Waals surface area contributed by atoms with Gasteiger partial charge in [0.15, 0.2) is 0 Å². The Morgan fingerprint density at radius 2 is 1.09 bits per heavy atom. The summed E-state index contributed by atoms with van der Waals surface area (Å²) in [5.74, 6) is -0.162. The van der Waals surface area contributed by atoms with Gasteiger partial charge in [-0.05, 0) is 91.6 Å². The van der Waals surface area contributed by atoms with E-state index in [9.17, 15) is 4.79 Å². The zero-order chi connectivity index (χ0) is 50.3. The van der Waals surface area contributed by atoms with Crippen LogP contribution in [-0.2, 0) is 33.2 Å². The van der Waals surface area contributed by atoms with E-state index in [-0.39, 0.29) is 5.91 Å². The second kappa shape index (κ2) is 47.8. The third kappa shape index (κ3) is 37.9. The molecule has 2 aromatic rings. The summed E-state index contributed by atoms with van der Waals surface area (Å²) in [6, 6.07) is 5.17. The molecular weight excluding hydrogens is 885 g/mol. The van der Waals surface area contributed by atoms with Crippen LogP contribution in [0.25, 0.3) is 11.0 Å². The number of H-pyrrole nitrogens is 1. The van der Waals surface area contributed by atoms with E-state index in [1.807, 2.05) is 21.1 Å². The first kappa shape index (κ1) is 64.5. The molecule has 69 heavy (non-hydrogen) atoms. The van der Waals surface area contributed by atoms with Crippen LogP contribution >= 0.6 is 0 Å². The number of carbonyl (C=O) groups excluding carboxylic acids is 1. The summed E-state index contributed by atoms with van der Waals surface area (Å²) in [7, 11) is 6.02. The number of rotatable bonds is 37. The van der Waals surface area contributed by atoms with Gasteiger partial charge in [-0.15, -0.1) is 0 Å². The average molecular weight is 985 g/mol. The van der Waals surface area contributed by atoms with Gasteiger partial charge < -0.3 is 69.1 Å². The number of likely N-dealkylation sites (N-methyl/N-ethyl adjacent to an activating group) is 4. The van der Waals surface area contributed by atoms with E-state index in [4.69, 9.17) is 33.2 Å². The Balaban J connectivity index is 0.000000504. The molecule has 20 heteroatoms. The summed E-state index contributed by atoms with van der Waals surface area (Å²) in [6.07, 6.45) is 1.25. The number of ether oxygens (including phenoxy) is 7. The molecule has 2 aliphatic rings. The summed E-state index contributed by atoms with van der Waals surface area (Å²) in [4.78, 5) is 23.8. The zero-order valence-corrected chi connectivity index (χ0v) is 44.7. The molecule has 404 valence electrons. The van der Waals surface area contributed by atoms with E-state index >= 15 is 0 Å². The van der Waals surface area contributed by atoms with Crippen LogP contribution in [0.5, 0.6) is 0 Å². The van der Waals surface area contributed by atoms with Crippen LogP contribution in [0.1, 0.15) is 51.4 Å². The van der Waals surface area contributed by atoms with Gasteiger partial charge in [-0.1, -0.05) is 34.6 Å². The maximum absolute atomic E-state index is 12.0. The minimum atomic E-state index is -0.162. The quantitative estimate of drug-likeness (QED) is 0.0612. The summed E-state index contributed by atoms with van der Waals surface area (Å²) in [5, 5.41) is 23.2. The monoisotopic (exact) mass is 985 g/mol. The molecule has 0 bridgehead atoms. The summed E-state index contributed by atoms with van der Waals surface area (Å²) in [6.45, 7) is 40.7. The maximum atomic E-state index is 12.0. The first-order chi connectivity index (χ1) is 33.8. The van der Waals surface area contributed by atoms with Crippen LogP contribution in [0.4, 0.5) is 0 Å². The van der Waals surface area contributed by atoms with Crippen molar-refractivity contribution in [2.75, 3.05) is 238 Å². The van der Waals surface area contributed by atoms with Crippen LogP contribution in [0.3, 0.4) is 0 Å². The van der Waals surface area contributed by atoms with Crippen molar-refractivity contribution in [2.24, 2.45) is 0 Å². The van der Waals surface area contributed by atoms with Crippen LogP contribution in [0.15, 0.2) is 18.2 Å². The number of aromatic amines is 1. The van der Waals surface area contributed by atoms with Crippen molar-refractivity contribution in [3.8, 4) is 0 Å². The molecule has 5 N–H and O–H groups in total. The molecule has 1 amide bonds. The van der Waals surface area contributed by atoms with E-state index in [1.165, 1.54) is 19.5 Å². The molecule has 1 aromatic heterocycles. The van der Waals surface area contributed by atoms with Gasteiger partial charge in [0.1, 0.15) is 11.0 Å². The standard InChI is InChI=1S/C18H42N4O2.C17H27N5O4.C8H18N2O.C6H13NO/c1-5-21(6-2)13-9-19-11-15-23-17-18-24-16-12-20-10-14-22(7-3)8-4;1-22(2)6-8-25-10-12-26-11-9-24-7-5-18-17(23)14-3-4-15-16(13-14)20-21-19-15;1-9-3-2-4-10-5-7-11-8-6-10;1-2-7-3-5-8-6-4-7/h19-20H,5-18H2,1-4H3;3-4,13H,5-12H2,1-2H3,(H,18,23)(H,19,20,21);9H,2-8H2,1H3;2-6H2,1H3. The number of amides is 1. The number of aromatic nitrogens is 3. The van der Waals surface area contributed by atoms with E-state index < -0.39 is 0 Å². The van der Waals surface area contributed by atoms with Gasteiger partial charge in [0.2, 0.25) is 0 Å². The van der Waals surface area contributed by atoms with E-state index in [0.717, 1.165) is 150 Å². The van der Waals surface area contributed by atoms with Gasteiger partial charge in [0.25, 0.3) is 5.91 Å². The third-order valence-corrected chi connectivity index (χ3v) is 11.3. The molecule has 2 saturated heterocycles. The highest BCUT2D eigenvalue weighted by atomic mass is 16.5. The molecule has 0 radical (unpaired) electrons. The van der Waals surface area contributed by atoms with Crippen LogP contribution in [0, 0.1) is 0 Å². The van der Waals surface area contributed by atoms with Crippen molar-refractivity contribution >= 4 is 16.9 Å². The number of hydrogen-bond donors (Lipinski definition) is 5. The number of nitrogens with zero attached hydrogens (tertiary/aromatic N) is 7. The van der Waals surface area contributed by atoms with Gasteiger partial charge in [-0.3, -0.25) is 14.6 Å². The van der Waals surface area contributed by atoms with E-state index in [1.54, 1.807) is 18.2 Å². The minimum Gasteiger partial charge on any atom is -0.379 e. The lowest BCUT2D eigenvalue weighted by atomic mass is 10.2. The van der Waals surface area contributed by atoms with Crippen molar-refractivity contribution < 1.29 is 38.0 Å². The number of carbonyl (C=O) groups is 1. The molecule has 0 aliphatic carbocycles. The maximum Gasteiger partial charge on any atom is 0.251 e. The molecule has 0 unspecified atom stereocenters. The summed E-state index contributed by atoms with van der Waals surface area (Å²) < 4.78 is 37.8. The highest BCUT2D eigenvalue weighted by molar-refractivity contribution is 5.97. The van der Waals surface area contributed by atoms with Crippen LogP contribution < -0.4 is 21.3 Å². The van der Waals surface area contributed by atoms with Gasteiger partial charge in [-0.2, -0.15) is 15.4 Å². The zero-order valence-electron chi connectivity index (χ0n) is 44.7. The lowest BCUT2D eigenvalue weighted by Gasteiger charge is -2.26. The number of hydrogen-bond acceptors (Lipinski definition) is 18. The number of morpholine rings is 2. The van der Waals surface area contributed by atoms with Gasteiger partial charge in [0.05, 0.1) is 92.5 Å². The predicted molar refractivity (Wildman–Crippen MR) is 279 cm³/mol. The minimum absolute atomic E-state index is 0.162. The highest BCUT2D eigenvalue weighted by Gasteiger charge is 2.10. The van der Waals surface area contributed by atoms with Crippen LogP contribution in [-0.4, -0.2) is 284 Å². The normalized spacial score (nSPS) is 14.4. The molecule has 1 aromatic carbocycles. The Hall–Kier alpha value is -2.51. The fraction of sp³-hybridized carbons (Fsp3) is 0.857. The molecule has 0 atom stereocenters. The van der Waals surface area contributed by atoms with Gasteiger partial charge in [0, 0.05) is 84.1 Å². The molecule has 2 aliphatic heterocycles. The lowest BCUT2D eigenvalue weighted by molar-refractivity contribution is 0.0129. The Morgan fingerprint density at radius 1 is 0.609 bits per heavy atom. The molecule has 0 saturated carbocycles. The van der Waals surface area contributed by atoms with Crippen molar-refractivity contribution in [1.82, 2.24) is 61.2 Å². The predicted octanol–water partition coefficient (Wildman–Crippen LogP) is 1.45. The number of fused-ring (bicyclic) bond motifs is 1. The molecule has 20 nitrogen and oxygen atoms in total. The summed E-state index contributed by atoms with van der Waals surface area (Å²) >= 11 is 0. The first-order valence-corrected chi connectivity index (χ1v) is 26.0. The van der Waals surface area contributed by atoms with E-state index in [2.05, 4.69) is 95.8 Å². The van der Waals surface area contributed by atoms with Crippen molar-refractivity contribution in [3.63, 3.8) is 0 Å². The smallest absolute Gasteiger partial charge is 0.251 e. The van der Waals surface area contributed by atoms with Crippen molar-refractivity contribution in [3.05, 3.63) is 23.8 Å². The number of benzene rings is 1. The largest absolute Gasteiger partial charge is 0.379 e. The third-order valence-electron chi connectivity index (χ3n) is 11.3. The van der Waals surface area contributed by atoms with Gasteiger partial charge in [-0.25, -0.2) is 0 Å². The number of nitrogens with one attached hydrogen (secondary N) is 5. The Kier molecular flexibility index (Phi) is 44.7. The lowest BCUT2D eigenvalue weighted by Crippen LogP contribution is -2.37. The Bertz CT molecular complexity index is 1360. The second-order valence-corrected chi connectivity index (χ2v) is 16.7. The Labute approximate surface area is 417 Å². The summed E-state index contributed by atoms with van der Waals surface area (Å²) in [5.41, 5.74) is 1.94.